The Labute approximate surface area is 117 Å². The molecule has 0 saturated heterocycles. The summed E-state index contributed by atoms with van der Waals surface area (Å²) in [6.07, 6.45) is 2.77. The molecule has 3 rings (SSSR count). The number of benzene rings is 1. The predicted molar refractivity (Wildman–Crippen MR) is 78.0 cm³/mol. The lowest BCUT2D eigenvalue weighted by Crippen LogP contribution is -1.97. The Hall–Kier alpha value is -1.68. The van der Waals surface area contributed by atoms with Gasteiger partial charge in [-0.1, -0.05) is 12.2 Å². The summed E-state index contributed by atoms with van der Waals surface area (Å²) in [7, 11) is 0. The van der Waals surface area contributed by atoms with Crippen LogP contribution in [0.3, 0.4) is 0 Å². The lowest BCUT2D eigenvalue weighted by molar-refractivity contribution is 0.303. The molecule has 4 heteroatoms. The van der Waals surface area contributed by atoms with E-state index in [4.69, 9.17) is 17.0 Å². The van der Waals surface area contributed by atoms with Crippen molar-refractivity contribution in [3.63, 3.8) is 0 Å². The van der Waals surface area contributed by atoms with Crippen molar-refractivity contribution in [1.29, 1.82) is 0 Å². The van der Waals surface area contributed by atoms with Gasteiger partial charge in [0.05, 0.1) is 11.8 Å². The van der Waals surface area contributed by atoms with Crippen molar-refractivity contribution in [3.8, 4) is 17.0 Å². The van der Waals surface area contributed by atoms with Crippen molar-refractivity contribution in [2.24, 2.45) is 0 Å². The van der Waals surface area contributed by atoms with Gasteiger partial charge in [-0.2, -0.15) is 0 Å². The Kier molecular flexibility index (Phi) is 3.11. The molecular weight excluding hydrogens is 256 g/mol. The third-order valence-electron chi connectivity index (χ3n) is 3.29. The zero-order valence-corrected chi connectivity index (χ0v) is 11.9. The van der Waals surface area contributed by atoms with Gasteiger partial charge in [-0.3, -0.25) is 0 Å². The number of H-pyrrole nitrogens is 1. The van der Waals surface area contributed by atoms with Crippen LogP contribution in [0.2, 0.25) is 0 Å². The summed E-state index contributed by atoms with van der Waals surface area (Å²) < 4.78 is 6.41. The van der Waals surface area contributed by atoms with Gasteiger partial charge in [0, 0.05) is 11.3 Å². The van der Waals surface area contributed by atoms with Gasteiger partial charge in [0.1, 0.15) is 16.1 Å². The summed E-state index contributed by atoms with van der Waals surface area (Å²) in [5.41, 5.74) is 3.84. The number of aryl methyl sites for hydroxylation is 2. The third kappa shape index (κ3) is 2.68. The van der Waals surface area contributed by atoms with E-state index in [1.54, 1.807) is 0 Å². The van der Waals surface area contributed by atoms with Crippen LogP contribution >= 0.6 is 12.2 Å². The molecule has 98 valence electrons. The first-order valence-electron chi connectivity index (χ1n) is 6.48. The van der Waals surface area contributed by atoms with Crippen LogP contribution in [0.4, 0.5) is 0 Å². The Morgan fingerprint density at radius 1 is 1.21 bits per heavy atom. The maximum atomic E-state index is 5.73. The van der Waals surface area contributed by atoms with Crippen molar-refractivity contribution in [2.45, 2.75) is 32.8 Å². The Balaban J connectivity index is 1.93. The van der Waals surface area contributed by atoms with Gasteiger partial charge in [0.25, 0.3) is 0 Å². The molecular formula is C15H16N2OS. The number of hydrogen-bond acceptors (Lipinski definition) is 3. The summed E-state index contributed by atoms with van der Waals surface area (Å²) >= 11 is 5.34. The molecule has 1 saturated carbocycles. The van der Waals surface area contributed by atoms with E-state index < -0.39 is 0 Å². The van der Waals surface area contributed by atoms with Crippen LogP contribution in [0.25, 0.3) is 11.3 Å². The number of hydrogen-bond donors (Lipinski definition) is 1. The summed E-state index contributed by atoms with van der Waals surface area (Å²) in [6.45, 7) is 3.96. The normalized spacial score (nSPS) is 14.4. The second-order valence-electron chi connectivity index (χ2n) is 4.97. The molecule has 0 unspecified atom stereocenters. The highest BCUT2D eigenvalue weighted by molar-refractivity contribution is 7.71. The second kappa shape index (κ2) is 4.78. The van der Waals surface area contributed by atoms with Crippen molar-refractivity contribution in [3.05, 3.63) is 40.3 Å². The molecule has 0 aliphatic heterocycles. The smallest absolute Gasteiger partial charge is 0.130 e. The van der Waals surface area contributed by atoms with Gasteiger partial charge in [0.15, 0.2) is 0 Å². The number of nitrogens with one attached hydrogen (secondary N) is 1. The first-order chi connectivity index (χ1) is 9.13. The van der Waals surface area contributed by atoms with Crippen molar-refractivity contribution in [2.75, 3.05) is 0 Å². The van der Waals surface area contributed by atoms with E-state index in [2.05, 4.69) is 9.97 Å². The minimum Gasteiger partial charge on any atom is -0.490 e. The second-order valence-corrected chi connectivity index (χ2v) is 5.37. The molecule has 1 N–H and O–H groups in total. The highest BCUT2D eigenvalue weighted by Gasteiger charge is 2.23. The number of rotatable bonds is 3. The van der Waals surface area contributed by atoms with Gasteiger partial charge in [-0.05, 0) is 51.0 Å². The fraction of sp³-hybridized carbons (Fsp3) is 0.333. The van der Waals surface area contributed by atoms with Crippen LogP contribution in [-0.4, -0.2) is 16.1 Å². The van der Waals surface area contributed by atoms with Gasteiger partial charge in [-0.25, -0.2) is 4.98 Å². The maximum absolute atomic E-state index is 5.73. The molecule has 0 spiro atoms. The fourth-order valence-corrected chi connectivity index (χ4v) is 2.20. The maximum Gasteiger partial charge on any atom is 0.130 e. The molecule has 1 aliphatic rings. The lowest BCUT2D eigenvalue weighted by Gasteiger charge is -2.07. The van der Waals surface area contributed by atoms with Crippen molar-refractivity contribution < 1.29 is 4.74 Å². The molecule has 0 bridgehead atoms. The number of ether oxygens (including phenoxy) is 1. The molecule has 1 aliphatic carbocycles. The summed E-state index contributed by atoms with van der Waals surface area (Å²) in [6, 6.07) is 8.00. The first-order valence-corrected chi connectivity index (χ1v) is 6.89. The zero-order valence-electron chi connectivity index (χ0n) is 11.1. The van der Waals surface area contributed by atoms with E-state index in [-0.39, 0.29) is 0 Å². The van der Waals surface area contributed by atoms with Gasteiger partial charge in [-0.15, -0.1) is 0 Å². The number of aromatic amines is 1. The van der Waals surface area contributed by atoms with Crippen molar-refractivity contribution in [1.82, 2.24) is 9.97 Å². The van der Waals surface area contributed by atoms with Crippen molar-refractivity contribution >= 4 is 12.2 Å². The number of nitrogens with zero attached hydrogens (tertiary/aromatic N) is 1. The summed E-state index contributed by atoms with van der Waals surface area (Å²) in [5, 5.41) is 0. The van der Waals surface area contributed by atoms with Crippen LogP contribution in [-0.2, 0) is 0 Å². The molecule has 2 aromatic rings. The van der Waals surface area contributed by atoms with E-state index in [1.807, 2.05) is 38.1 Å². The summed E-state index contributed by atoms with van der Waals surface area (Å²) in [4.78, 5) is 7.75. The number of aromatic nitrogens is 2. The van der Waals surface area contributed by atoms with Crippen LogP contribution in [0.15, 0.2) is 24.3 Å². The van der Waals surface area contributed by atoms with Gasteiger partial charge in [0.2, 0.25) is 0 Å². The standard InChI is InChI=1S/C15H16N2OS/c1-9-10(2)17-15(19)14(16-9)11-3-5-12(6-4-11)18-13-7-8-13/h3-6,13H,7-8H2,1-2H3,(H,17,19). The first kappa shape index (κ1) is 12.4. The Bertz CT molecular complexity index is 657. The minimum absolute atomic E-state index is 0.424. The molecule has 1 aromatic carbocycles. The highest BCUT2D eigenvalue weighted by atomic mass is 32.1. The van der Waals surface area contributed by atoms with E-state index in [9.17, 15) is 0 Å². The Morgan fingerprint density at radius 2 is 1.89 bits per heavy atom. The third-order valence-corrected chi connectivity index (χ3v) is 3.59. The van der Waals surface area contributed by atoms with Crippen LogP contribution < -0.4 is 4.74 Å². The van der Waals surface area contributed by atoms with Gasteiger partial charge >= 0.3 is 0 Å². The lowest BCUT2D eigenvalue weighted by atomic mass is 10.1. The SMILES string of the molecule is Cc1nc(-c2ccc(OC3CC3)cc2)c(=S)[nH]c1C. The zero-order chi connectivity index (χ0) is 13.4. The molecule has 1 aromatic heterocycles. The minimum atomic E-state index is 0.424. The van der Waals surface area contributed by atoms with Crippen LogP contribution in [0, 0.1) is 18.5 Å². The summed E-state index contributed by atoms with van der Waals surface area (Å²) in [5.74, 6) is 0.921. The van der Waals surface area contributed by atoms with Crippen LogP contribution in [0.1, 0.15) is 24.2 Å². The topological polar surface area (TPSA) is 37.9 Å². The average molecular weight is 272 g/mol. The van der Waals surface area contributed by atoms with E-state index >= 15 is 0 Å². The molecule has 0 atom stereocenters. The monoisotopic (exact) mass is 272 g/mol. The molecule has 3 nitrogen and oxygen atoms in total. The molecule has 0 amide bonds. The van der Waals surface area contributed by atoms with Gasteiger partial charge < -0.3 is 9.72 Å². The molecule has 0 radical (unpaired) electrons. The molecule has 19 heavy (non-hydrogen) atoms. The van der Waals surface area contributed by atoms with E-state index in [1.165, 1.54) is 12.8 Å². The quantitative estimate of drug-likeness (QED) is 0.859. The molecule has 1 fully saturated rings. The fourth-order valence-electron chi connectivity index (χ4n) is 1.89. The Morgan fingerprint density at radius 3 is 2.53 bits per heavy atom. The van der Waals surface area contributed by atoms with E-state index in [0.29, 0.717) is 10.7 Å². The highest BCUT2D eigenvalue weighted by Crippen LogP contribution is 2.28. The van der Waals surface area contributed by atoms with Crippen LogP contribution in [0.5, 0.6) is 5.75 Å². The van der Waals surface area contributed by atoms with E-state index in [0.717, 1.165) is 28.4 Å². The average Bonchev–Trinajstić information content (AvgIpc) is 3.19. The largest absolute Gasteiger partial charge is 0.490 e. The molecule has 1 heterocycles. The predicted octanol–water partition coefficient (Wildman–Crippen LogP) is 3.96.